The third-order valence-corrected chi connectivity index (χ3v) is 4.85. The van der Waals surface area contributed by atoms with Crippen LogP contribution in [0.3, 0.4) is 0 Å². The quantitative estimate of drug-likeness (QED) is 0.209. The minimum Gasteiger partial charge on any atom is -0.422 e. The number of hydrogen-bond acceptors (Lipinski definition) is 4. The summed E-state index contributed by atoms with van der Waals surface area (Å²) in [6.07, 6.45) is 3.75. The molecule has 0 aliphatic heterocycles. The van der Waals surface area contributed by atoms with Crippen molar-refractivity contribution in [2.75, 3.05) is 0 Å². The van der Waals surface area contributed by atoms with Crippen LogP contribution in [0.2, 0.25) is 0 Å². The monoisotopic (exact) mass is 423 g/mol. The summed E-state index contributed by atoms with van der Waals surface area (Å²) in [4.78, 5) is 25.3. The molecule has 0 radical (unpaired) electrons. The van der Waals surface area contributed by atoms with Crippen LogP contribution in [0, 0.1) is 0 Å². The van der Waals surface area contributed by atoms with E-state index < -0.39 is 5.97 Å². The number of carbonyl (C=O) groups is 2. The topological polar surface area (TPSA) is 72.7 Å². The molecule has 158 valence electrons. The summed E-state index contributed by atoms with van der Waals surface area (Å²) in [5.41, 5.74) is 5.41. The second-order valence-electron chi connectivity index (χ2n) is 7.00. The Balaban J connectivity index is 1.53. The Kier molecular flexibility index (Phi) is 6.22. The third-order valence-electron chi connectivity index (χ3n) is 4.85. The van der Waals surface area contributed by atoms with Crippen molar-refractivity contribution in [3.63, 3.8) is 0 Å². The van der Waals surface area contributed by atoms with Crippen molar-refractivity contribution in [1.82, 2.24) is 9.99 Å². The van der Waals surface area contributed by atoms with Gasteiger partial charge in [0.15, 0.2) is 0 Å². The molecule has 0 bridgehead atoms. The van der Waals surface area contributed by atoms with Crippen molar-refractivity contribution in [3.8, 4) is 11.4 Å². The van der Waals surface area contributed by atoms with Gasteiger partial charge in [-0.1, -0.05) is 42.5 Å². The smallest absolute Gasteiger partial charge is 0.343 e. The first-order chi connectivity index (χ1) is 15.6. The molecule has 32 heavy (non-hydrogen) atoms. The normalized spacial score (nSPS) is 11.1. The van der Waals surface area contributed by atoms with Gasteiger partial charge in [0.1, 0.15) is 5.75 Å². The van der Waals surface area contributed by atoms with Crippen LogP contribution < -0.4 is 10.2 Å². The number of nitrogens with zero attached hydrogens (tertiary/aromatic N) is 2. The third kappa shape index (κ3) is 4.65. The first kappa shape index (κ1) is 20.8. The molecule has 0 spiro atoms. The SMILES string of the molecule is C/C(=N\NC(=O)c1ccccc1-n1cccc1)c1ccccc1OC(=O)c1ccccc1. The molecule has 0 aliphatic carbocycles. The maximum Gasteiger partial charge on any atom is 0.343 e. The summed E-state index contributed by atoms with van der Waals surface area (Å²) < 4.78 is 7.44. The van der Waals surface area contributed by atoms with Crippen LogP contribution in [0.5, 0.6) is 5.75 Å². The van der Waals surface area contributed by atoms with Crippen LogP contribution in [0.1, 0.15) is 33.2 Å². The second-order valence-corrected chi connectivity index (χ2v) is 7.00. The molecule has 0 atom stereocenters. The zero-order valence-corrected chi connectivity index (χ0v) is 17.4. The number of esters is 1. The number of nitrogens with one attached hydrogen (secondary N) is 1. The average Bonchev–Trinajstić information content (AvgIpc) is 3.38. The first-order valence-electron chi connectivity index (χ1n) is 10.1. The highest BCUT2D eigenvalue weighted by Gasteiger charge is 2.14. The van der Waals surface area contributed by atoms with Gasteiger partial charge in [-0.05, 0) is 55.5 Å². The Labute approximate surface area is 185 Å². The Morgan fingerprint density at radius 1 is 0.781 bits per heavy atom. The number of aromatic nitrogens is 1. The zero-order valence-electron chi connectivity index (χ0n) is 17.4. The Morgan fingerprint density at radius 3 is 2.16 bits per heavy atom. The number of benzene rings is 3. The average molecular weight is 423 g/mol. The van der Waals surface area contributed by atoms with E-state index in [9.17, 15) is 9.59 Å². The van der Waals surface area contributed by atoms with E-state index in [1.807, 2.05) is 53.4 Å². The van der Waals surface area contributed by atoms with Crippen molar-refractivity contribution in [1.29, 1.82) is 0 Å². The number of amides is 1. The highest BCUT2D eigenvalue weighted by Crippen LogP contribution is 2.21. The molecule has 1 heterocycles. The fourth-order valence-electron chi connectivity index (χ4n) is 3.23. The second kappa shape index (κ2) is 9.57. The van der Waals surface area contributed by atoms with Gasteiger partial charge in [-0.2, -0.15) is 5.10 Å². The van der Waals surface area contributed by atoms with Gasteiger partial charge in [-0.15, -0.1) is 0 Å². The summed E-state index contributed by atoms with van der Waals surface area (Å²) in [5, 5.41) is 4.25. The molecular weight excluding hydrogens is 402 g/mol. The molecule has 4 rings (SSSR count). The molecule has 0 fully saturated rings. The fourth-order valence-corrected chi connectivity index (χ4v) is 3.23. The van der Waals surface area contributed by atoms with Crippen molar-refractivity contribution in [2.45, 2.75) is 6.92 Å². The van der Waals surface area contributed by atoms with Gasteiger partial charge in [-0.25, -0.2) is 10.2 Å². The van der Waals surface area contributed by atoms with Crippen molar-refractivity contribution >= 4 is 17.6 Å². The van der Waals surface area contributed by atoms with Crippen LogP contribution in [-0.4, -0.2) is 22.2 Å². The lowest BCUT2D eigenvalue weighted by Gasteiger charge is -2.11. The molecule has 1 aromatic heterocycles. The van der Waals surface area contributed by atoms with Gasteiger partial charge in [0, 0.05) is 18.0 Å². The molecule has 0 saturated carbocycles. The van der Waals surface area contributed by atoms with E-state index in [0.29, 0.717) is 28.2 Å². The minimum atomic E-state index is -0.462. The molecule has 0 aliphatic rings. The number of ether oxygens (including phenoxy) is 1. The van der Waals surface area contributed by atoms with E-state index in [1.54, 1.807) is 61.5 Å². The summed E-state index contributed by atoms with van der Waals surface area (Å²) in [6, 6.07) is 26.9. The summed E-state index contributed by atoms with van der Waals surface area (Å²) in [6.45, 7) is 1.74. The van der Waals surface area contributed by atoms with Crippen LogP contribution >= 0.6 is 0 Å². The predicted octanol–water partition coefficient (Wildman–Crippen LogP) is 4.85. The first-order valence-corrected chi connectivity index (χ1v) is 10.1. The zero-order chi connectivity index (χ0) is 22.3. The lowest BCUT2D eigenvalue weighted by Crippen LogP contribution is -2.21. The van der Waals surface area contributed by atoms with Gasteiger partial charge < -0.3 is 9.30 Å². The van der Waals surface area contributed by atoms with E-state index in [4.69, 9.17) is 4.74 Å². The number of rotatable bonds is 6. The van der Waals surface area contributed by atoms with Gasteiger partial charge in [0.05, 0.1) is 22.5 Å². The Hall–Kier alpha value is -4.45. The minimum absolute atomic E-state index is 0.340. The van der Waals surface area contributed by atoms with Crippen LogP contribution in [-0.2, 0) is 0 Å². The van der Waals surface area contributed by atoms with E-state index in [2.05, 4.69) is 10.5 Å². The van der Waals surface area contributed by atoms with Crippen molar-refractivity contribution < 1.29 is 14.3 Å². The lowest BCUT2D eigenvalue weighted by molar-refractivity contribution is 0.0734. The van der Waals surface area contributed by atoms with Crippen molar-refractivity contribution in [2.24, 2.45) is 5.10 Å². The summed E-state index contributed by atoms with van der Waals surface area (Å²) >= 11 is 0. The lowest BCUT2D eigenvalue weighted by atomic mass is 10.1. The van der Waals surface area contributed by atoms with E-state index in [0.717, 1.165) is 5.69 Å². The van der Waals surface area contributed by atoms with Gasteiger partial charge >= 0.3 is 5.97 Å². The maximum absolute atomic E-state index is 12.8. The van der Waals surface area contributed by atoms with Gasteiger partial charge in [0.2, 0.25) is 0 Å². The summed E-state index contributed by atoms with van der Waals surface area (Å²) in [5.74, 6) is -0.437. The Bertz CT molecular complexity index is 1260. The van der Waals surface area contributed by atoms with Crippen LogP contribution in [0.4, 0.5) is 0 Å². The molecular formula is C26H21N3O3. The largest absolute Gasteiger partial charge is 0.422 e. The number of para-hydroxylation sites is 2. The van der Waals surface area contributed by atoms with Crippen molar-refractivity contribution in [3.05, 3.63) is 120 Å². The molecule has 0 unspecified atom stereocenters. The summed E-state index contributed by atoms with van der Waals surface area (Å²) in [7, 11) is 0. The molecule has 4 aromatic rings. The van der Waals surface area contributed by atoms with E-state index >= 15 is 0 Å². The predicted molar refractivity (Wildman–Crippen MR) is 123 cm³/mol. The molecule has 6 nitrogen and oxygen atoms in total. The number of hydrazone groups is 1. The number of hydrogen-bond donors (Lipinski definition) is 1. The molecule has 1 amide bonds. The van der Waals surface area contributed by atoms with Gasteiger partial charge in [0.25, 0.3) is 5.91 Å². The fraction of sp³-hybridized carbons (Fsp3) is 0.0385. The molecule has 1 N–H and O–H groups in total. The molecule has 6 heteroatoms. The van der Waals surface area contributed by atoms with E-state index in [-0.39, 0.29) is 5.91 Å². The molecule has 0 saturated heterocycles. The highest BCUT2D eigenvalue weighted by molar-refractivity contribution is 6.04. The van der Waals surface area contributed by atoms with Gasteiger partial charge in [-0.3, -0.25) is 4.79 Å². The van der Waals surface area contributed by atoms with Crippen LogP contribution in [0.15, 0.2) is 108 Å². The Morgan fingerprint density at radius 2 is 1.41 bits per heavy atom. The highest BCUT2D eigenvalue weighted by atomic mass is 16.5. The number of carbonyl (C=O) groups excluding carboxylic acids is 2. The van der Waals surface area contributed by atoms with Crippen LogP contribution in [0.25, 0.3) is 5.69 Å². The van der Waals surface area contributed by atoms with E-state index in [1.165, 1.54) is 0 Å². The maximum atomic E-state index is 12.8. The molecule has 3 aromatic carbocycles. The standard InChI is InChI=1S/C26H21N3O3/c1-19(21-13-6-8-16-24(21)32-26(31)20-11-3-2-4-12-20)27-28-25(30)22-14-5-7-15-23(22)29-17-9-10-18-29/h2-18H,1H3,(H,28,30)/b27-19+.